The molecule has 0 N–H and O–H groups in total. The highest BCUT2D eigenvalue weighted by Crippen LogP contribution is 2.44. The number of halogens is 4. The molecule has 0 amide bonds. The van der Waals surface area contributed by atoms with Gasteiger partial charge in [0.05, 0.1) is 13.0 Å². The molecular weight excluding hydrogens is 301 g/mol. The van der Waals surface area contributed by atoms with E-state index in [0.29, 0.717) is 19.3 Å². The number of alkyl halides is 4. The third kappa shape index (κ3) is 4.29. The Labute approximate surface area is 128 Å². The van der Waals surface area contributed by atoms with Gasteiger partial charge in [-0.3, -0.25) is 0 Å². The predicted molar refractivity (Wildman–Crippen MR) is 77.8 cm³/mol. The van der Waals surface area contributed by atoms with E-state index in [0.717, 1.165) is 17.7 Å². The third-order valence-corrected chi connectivity index (χ3v) is 4.77. The molecule has 1 fully saturated rings. The molecule has 3 unspecified atom stereocenters. The first-order chi connectivity index (χ1) is 9.91. The number of hydrogen-bond acceptors (Lipinski definition) is 1. The van der Waals surface area contributed by atoms with E-state index >= 15 is 0 Å². The average Bonchev–Trinajstić information content (AvgIpc) is 2.47. The maximum Gasteiger partial charge on any atom is 0.392 e. The summed E-state index contributed by atoms with van der Waals surface area (Å²) in [6.45, 7) is 0. The minimum atomic E-state index is -4.14. The molecule has 3 atom stereocenters. The van der Waals surface area contributed by atoms with Gasteiger partial charge in [0.25, 0.3) is 0 Å². The standard InChI is InChI=1S/C16H20ClF3O/c1-21-12-8-6-11(7-9-12)10-15(17)13-4-2-3-5-14(13)16(18,19)20/h6-9,13-15H,2-5,10H2,1H3. The van der Waals surface area contributed by atoms with Gasteiger partial charge in [-0.1, -0.05) is 25.0 Å². The van der Waals surface area contributed by atoms with Gasteiger partial charge in [0.1, 0.15) is 5.75 Å². The molecule has 0 aromatic heterocycles. The van der Waals surface area contributed by atoms with E-state index < -0.39 is 23.4 Å². The van der Waals surface area contributed by atoms with Gasteiger partial charge in [0, 0.05) is 5.38 Å². The van der Waals surface area contributed by atoms with Crippen molar-refractivity contribution in [1.29, 1.82) is 0 Å². The second-order valence-corrected chi connectivity index (χ2v) is 6.23. The van der Waals surface area contributed by atoms with Crippen molar-refractivity contribution in [2.24, 2.45) is 11.8 Å². The number of ether oxygens (including phenoxy) is 1. The van der Waals surface area contributed by atoms with Crippen LogP contribution in [-0.4, -0.2) is 18.7 Å². The first kappa shape index (κ1) is 16.5. The number of rotatable bonds is 4. The fourth-order valence-corrected chi connectivity index (χ4v) is 3.62. The van der Waals surface area contributed by atoms with Crippen LogP contribution >= 0.6 is 11.6 Å². The fourth-order valence-electron chi connectivity index (χ4n) is 3.14. The second-order valence-electron chi connectivity index (χ2n) is 5.66. The molecule has 1 aromatic rings. The predicted octanol–water partition coefficient (Wildman–Crippen LogP) is 5.21. The van der Waals surface area contributed by atoms with Gasteiger partial charge < -0.3 is 4.74 Å². The van der Waals surface area contributed by atoms with Gasteiger partial charge in [-0.25, -0.2) is 0 Å². The lowest BCUT2D eigenvalue weighted by Gasteiger charge is -2.35. The number of benzene rings is 1. The van der Waals surface area contributed by atoms with Crippen molar-refractivity contribution in [3.63, 3.8) is 0 Å². The van der Waals surface area contributed by atoms with E-state index in [1.165, 1.54) is 0 Å². The monoisotopic (exact) mass is 320 g/mol. The van der Waals surface area contributed by atoms with Crippen LogP contribution in [0.5, 0.6) is 5.75 Å². The Morgan fingerprint density at radius 3 is 2.38 bits per heavy atom. The second kappa shape index (κ2) is 6.91. The largest absolute Gasteiger partial charge is 0.497 e. The van der Waals surface area contributed by atoms with Crippen LogP contribution in [-0.2, 0) is 6.42 Å². The molecule has 1 aromatic carbocycles. The summed E-state index contributed by atoms with van der Waals surface area (Å²) in [5, 5.41) is -0.481. The quantitative estimate of drug-likeness (QED) is 0.692. The van der Waals surface area contributed by atoms with Gasteiger partial charge in [0.2, 0.25) is 0 Å². The minimum Gasteiger partial charge on any atom is -0.497 e. The van der Waals surface area contributed by atoms with Crippen LogP contribution in [0, 0.1) is 11.8 Å². The van der Waals surface area contributed by atoms with E-state index in [1.807, 2.05) is 12.1 Å². The van der Waals surface area contributed by atoms with Crippen LogP contribution in [0.25, 0.3) is 0 Å². The molecule has 5 heteroatoms. The Balaban J connectivity index is 2.04. The molecule has 21 heavy (non-hydrogen) atoms. The van der Waals surface area contributed by atoms with Crippen LogP contribution in [0.2, 0.25) is 0 Å². The molecule has 0 radical (unpaired) electrons. The Morgan fingerprint density at radius 2 is 1.81 bits per heavy atom. The summed E-state index contributed by atoms with van der Waals surface area (Å²) in [5.74, 6) is -1.01. The molecule has 1 saturated carbocycles. The zero-order valence-corrected chi connectivity index (χ0v) is 12.8. The molecule has 0 aliphatic heterocycles. The molecule has 0 bridgehead atoms. The van der Waals surface area contributed by atoms with Crippen LogP contribution in [0.15, 0.2) is 24.3 Å². The molecular formula is C16H20ClF3O. The van der Waals surface area contributed by atoms with Crippen LogP contribution in [0.3, 0.4) is 0 Å². The maximum atomic E-state index is 13.1. The maximum absolute atomic E-state index is 13.1. The van der Waals surface area contributed by atoms with Gasteiger partial charge in [-0.05, 0) is 42.9 Å². The summed E-state index contributed by atoms with van der Waals surface area (Å²) >= 11 is 6.34. The van der Waals surface area contributed by atoms with Gasteiger partial charge in [-0.2, -0.15) is 13.2 Å². The smallest absolute Gasteiger partial charge is 0.392 e. The van der Waals surface area contributed by atoms with E-state index in [-0.39, 0.29) is 6.42 Å². The lowest BCUT2D eigenvalue weighted by atomic mass is 9.75. The average molecular weight is 321 g/mol. The van der Waals surface area contributed by atoms with Crippen molar-refractivity contribution >= 4 is 11.6 Å². The highest BCUT2D eigenvalue weighted by Gasteiger charge is 2.47. The van der Waals surface area contributed by atoms with E-state index in [2.05, 4.69) is 0 Å². The van der Waals surface area contributed by atoms with Crippen molar-refractivity contribution in [2.45, 2.75) is 43.7 Å². The SMILES string of the molecule is COc1ccc(CC(Cl)C2CCCCC2C(F)(F)F)cc1. The molecule has 1 nitrogen and oxygen atoms in total. The highest BCUT2D eigenvalue weighted by atomic mass is 35.5. The zero-order valence-electron chi connectivity index (χ0n) is 12.0. The first-order valence-corrected chi connectivity index (χ1v) is 7.69. The Kier molecular flexibility index (Phi) is 5.42. The summed E-state index contributed by atoms with van der Waals surface area (Å²) in [7, 11) is 1.58. The lowest BCUT2D eigenvalue weighted by molar-refractivity contribution is -0.196. The lowest BCUT2D eigenvalue weighted by Crippen LogP contribution is -2.38. The van der Waals surface area contributed by atoms with Crippen molar-refractivity contribution in [1.82, 2.24) is 0 Å². The Hall–Kier alpha value is -0.900. The summed E-state index contributed by atoms with van der Waals surface area (Å²) in [4.78, 5) is 0. The van der Waals surface area contributed by atoms with Gasteiger partial charge >= 0.3 is 6.18 Å². The van der Waals surface area contributed by atoms with E-state index in [1.54, 1.807) is 19.2 Å². The number of methoxy groups -OCH3 is 1. The summed E-state index contributed by atoms with van der Waals surface area (Å²) in [6, 6.07) is 7.33. The topological polar surface area (TPSA) is 9.23 Å². The van der Waals surface area contributed by atoms with Crippen LogP contribution in [0.4, 0.5) is 13.2 Å². The van der Waals surface area contributed by atoms with Crippen molar-refractivity contribution < 1.29 is 17.9 Å². The Bertz CT molecular complexity index is 444. The van der Waals surface area contributed by atoms with Crippen LogP contribution in [0.1, 0.15) is 31.2 Å². The van der Waals surface area contributed by atoms with Crippen LogP contribution < -0.4 is 4.74 Å². The van der Waals surface area contributed by atoms with E-state index in [4.69, 9.17) is 16.3 Å². The zero-order chi connectivity index (χ0) is 15.5. The molecule has 2 rings (SSSR count). The highest BCUT2D eigenvalue weighted by molar-refractivity contribution is 6.21. The van der Waals surface area contributed by atoms with Crippen molar-refractivity contribution in [3.8, 4) is 5.75 Å². The summed E-state index contributed by atoms with van der Waals surface area (Å²) < 4.78 is 44.4. The third-order valence-electron chi connectivity index (χ3n) is 4.29. The van der Waals surface area contributed by atoms with Gasteiger partial charge in [0.15, 0.2) is 0 Å². The molecule has 1 aliphatic rings. The van der Waals surface area contributed by atoms with Crippen molar-refractivity contribution in [2.75, 3.05) is 7.11 Å². The molecule has 0 saturated heterocycles. The normalized spacial score (nSPS) is 24.6. The molecule has 0 spiro atoms. The van der Waals surface area contributed by atoms with Gasteiger partial charge in [-0.15, -0.1) is 11.6 Å². The fraction of sp³-hybridized carbons (Fsp3) is 0.625. The molecule has 1 aliphatic carbocycles. The minimum absolute atomic E-state index is 0.208. The van der Waals surface area contributed by atoms with Crippen molar-refractivity contribution in [3.05, 3.63) is 29.8 Å². The van der Waals surface area contributed by atoms with E-state index in [9.17, 15) is 13.2 Å². The summed E-state index contributed by atoms with van der Waals surface area (Å²) in [5.41, 5.74) is 0.947. The molecule has 0 heterocycles. The Morgan fingerprint density at radius 1 is 1.19 bits per heavy atom. The first-order valence-electron chi connectivity index (χ1n) is 7.25. The molecule has 118 valence electrons. The summed E-state index contributed by atoms with van der Waals surface area (Å²) in [6.07, 6.45) is -1.43. The number of hydrogen-bond donors (Lipinski definition) is 0.